The van der Waals surface area contributed by atoms with Crippen LogP contribution < -0.4 is 0 Å². The zero-order valence-corrected chi connectivity index (χ0v) is 9.93. The number of ether oxygens (including phenoxy) is 3. The SMILES string of the molecule is C=C[C@H]1OC(C)(C)O[C@H]1C=CCOC(C)=O. The van der Waals surface area contributed by atoms with E-state index in [1.807, 2.05) is 19.9 Å². The second kappa shape index (κ2) is 5.27. The lowest BCUT2D eigenvalue weighted by atomic mass is 10.2. The van der Waals surface area contributed by atoms with Crippen LogP contribution in [0.25, 0.3) is 0 Å². The van der Waals surface area contributed by atoms with Gasteiger partial charge < -0.3 is 14.2 Å². The van der Waals surface area contributed by atoms with Gasteiger partial charge in [0, 0.05) is 6.92 Å². The maximum Gasteiger partial charge on any atom is 0.302 e. The van der Waals surface area contributed by atoms with E-state index in [0.717, 1.165) is 0 Å². The van der Waals surface area contributed by atoms with E-state index in [1.54, 1.807) is 12.2 Å². The van der Waals surface area contributed by atoms with E-state index < -0.39 is 5.79 Å². The highest BCUT2D eigenvalue weighted by molar-refractivity contribution is 5.65. The van der Waals surface area contributed by atoms with Crippen molar-refractivity contribution in [2.24, 2.45) is 0 Å². The smallest absolute Gasteiger partial charge is 0.302 e. The summed E-state index contributed by atoms with van der Waals surface area (Å²) in [4.78, 5) is 10.5. The third-order valence-corrected chi connectivity index (χ3v) is 2.10. The van der Waals surface area contributed by atoms with Gasteiger partial charge in [-0.3, -0.25) is 4.79 Å². The molecule has 2 atom stereocenters. The van der Waals surface area contributed by atoms with Gasteiger partial charge in [0.05, 0.1) is 0 Å². The van der Waals surface area contributed by atoms with Crippen LogP contribution in [0.15, 0.2) is 24.8 Å². The fourth-order valence-corrected chi connectivity index (χ4v) is 1.50. The van der Waals surface area contributed by atoms with Crippen LogP contribution in [0.5, 0.6) is 0 Å². The van der Waals surface area contributed by atoms with Crippen molar-refractivity contribution in [3.8, 4) is 0 Å². The number of carbonyl (C=O) groups excluding carboxylic acids is 1. The Kier molecular flexibility index (Phi) is 4.26. The molecule has 0 amide bonds. The Labute approximate surface area is 95.9 Å². The largest absolute Gasteiger partial charge is 0.462 e. The summed E-state index contributed by atoms with van der Waals surface area (Å²) in [5.74, 6) is -0.899. The first-order valence-electron chi connectivity index (χ1n) is 5.23. The Hall–Kier alpha value is -1.13. The molecule has 4 heteroatoms. The standard InChI is InChI=1S/C12H18O4/c1-5-10-11(16-12(3,4)15-10)7-6-8-14-9(2)13/h5-7,10-11H,1,8H2,2-4H3/t10-,11+/m1/s1. The minimum absolute atomic E-state index is 0.163. The Morgan fingerprint density at radius 1 is 1.44 bits per heavy atom. The summed E-state index contributed by atoms with van der Waals surface area (Å²) >= 11 is 0. The number of rotatable bonds is 4. The molecule has 0 aliphatic carbocycles. The molecule has 0 aromatic heterocycles. The fraction of sp³-hybridized carbons (Fsp3) is 0.583. The molecule has 0 N–H and O–H groups in total. The van der Waals surface area contributed by atoms with Crippen molar-refractivity contribution in [2.75, 3.05) is 6.61 Å². The number of esters is 1. The van der Waals surface area contributed by atoms with E-state index >= 15 is 0 Å². The maximum atomic E-state index is 10.5. The van der Waals surface area contributed by atoms with Crippen LogP contribution in [0, 0.1) is 0 Å². The first-order chi connectivity index (χ1) is 7.44. The van der Waals surface area contributed by atoms with Crippen LogP contribution in [0.1, 0.15) is 20.8 Å². The molecular weight excluding hydrogens is 208 g/mol. The quantitative estimate of drug-likeness (QED) is 0.541. The van der Waals surface area contributed by atoms with Crippen molar-refractivity contribution in [3.63, 3.8) is 0 Å². The molecule has 0 unspecified atom stereocenters. The Balaban J connectivity index is 2.46. The molecule has 0 spiro atoms. The van der Waals surface area contributed by atoms with E-state index in [0.29, 0.717) is 0 Å². The van der Waals surface area contributed by atoms with Gasteiger partial charge in [-0.05, 0) is 19.9 Å². The molecule has 90 valence electrons. The van der Waals surface area contributed by atoms with E-state index in [1.165, 1.54) is 6.92 Å². The second-order valence-corrected chi connectivity index (χ2v) is 4.03. The van der Waals surface area contributed by atoms with Crippen molar-refractivity contribution in [3.05, 3.63) is 24.8 Å². The molecule has 4 nitrogen and oxygen atoms in total. The molecule has 1 heterocycles. The number of hydrogen-bond donors (Lipinski definition) is 0. The molecule has 1 rings (SSSR count). The minimum Gasteiger partial charge on any atom is -0.462 e. The van der Waals surface area contributed by atoms with Crippen LogP contribution in [-0.4, -0.2) is 30.6 Å². The summed E-state index contributed by atoms with van der Waals surface area (Å²) in [5.41, 5.74) is 0. The van der Waals surface area contributed by atoms with E-state index in [4.69, 9.17) is 14.2 Å². The van der Waals surface area contributed by atoms with Crippen molar-refractivity contribution in [1.82, 2.24) is 0 Å². The van der Waals surface area contributed by atoms with Crippen LogP contribution in [0.3, 0.4) is 0 Å². The third kappa shape index (κ3) is 3.79. The molecule has 0 radical (unpaired) electrons. The van der Waals surface area contributed by atoms with Crippen LogP contribution in [0.4, 0.5) is 0 Å². The molecule has 1 aliphatic heterocycles. The average molecular weight is 226 g/mol. The Bertz CT molecular complexity index is 293. The second-order valence-electron chi connectivity index (χ2n) is 4.03. The highest BCUT2D eigenvalue weighted by Gasteiger charge is 2.38. The Morgan fingerprint density at radius 3 is 2.62 bits per heavy atom. The molecule has 1 fully saturated rings. The van der Waals surface area contributed by atoms with Gasteiger partial charge in [-0.2, -0.15) is 0 Å². The third-order valence-electron chi connectivity index (χ3n) is 2.10. The molecule has 1 saturated heterocycles. The summed E-state index contributed by atoms with van der Waals surface area (Å²) in [6.45, 7) is 9.02. The summed E-state index contributed by atoms with van der Waals surface area (Å²) in [6.07, 6.45) is 4.93. The lowest BCUT2D eigenvalue weighted by Gasteiger charge is -2.15. The monoisotopic (exact) mass is 226 g/mol. The van der Waals surface area contributed by atoms with Crippen molar-refractivity contribution in [1.29, 1.82) is 0 Å². The normalized spacial score (nSPS) is 28.2. The van der Waals surface area contributed by atoms with Gasteiger partial charge in [-0.25, -0.2) is 0 Å². The molecular formula is C12H18O4. The molecule has 0 aromatic rings. The lowest BCUT2D eigenvalue weighted by Crippen LogP contribution is -2.20. The van der Waals surface area contributed by atoms with Crippen molar-refractivity contribution in [2.45, 2.75) is 38.8 Å². The molecule has 0 bridgehead atoms. The maximum absolute atomic E-state index is 10.5. The topological polar surface area (TPSA) is 44.8 Å². The van der Waals surface area contributed by atoms with Gasteiger partial charge in [0.15, 0.2) is 5.79 Å². The van der Waals surface area contributed by atoms with Gasteiger partial charge >= 0.3 is 5.97 Å². The van der Waals surface area contributed by atoms with Gasteiger partial charge in [0.2, 0.25) is 0 Å². The minimum atomic E-state index is -0.602. The van der Waals surface area contributed by atoms with Gasteiger partial charge in [0.1, 0.15) is 18.8 Å². The van der Waals surface area contributed by atoms with Gasteiger partial charge in [-0.15, -0.1) is 6.58 Å². The number of hydrogen-bond acceptors (Lipinski definition) is 4. The predicted molar refractivity (Wildman–Crippen MR) is 59.8 cm³/mol. The van der Waals surface area contributed by atoms with E-state index in [2.05, 4.69) is 6.58 Å². The van der Waals surface area contributed by atoms with E-state index in [9.17, 15) is 4.79 Å². The molecule has 16 heavy (non-hydrogen) atoms. The van der Waals surface area contributed by atoms with Crippen LogP contribution in [-0.2, 0) is 19.0 Å². The summed E-state index contributed by atoms with van der Waals surface area (Å²) < 4.78 is 16.0. The first-order valence-corrected chi connectivity index (χ1v) is 5.23. The molecule has 0 saturated carbocycles. The number of carbonyl (C=O) groups is 1. The highest BCUT2D eigenvalue weighted by atomic mass is 16.7. The van der Waals surface area contributed by atoms with Crippen molar-refractivity contribution >= 4 is 5.97 Å². The predicted octanol–water partition coefficient (Wildman–Crippen LogP) is 1.81. The lowest BCUT2D eigenvalue weighted by molar-refractivity contribution is -0.140. The highest BCUT2D eigenvalue weighted by Crippen LogP contribution is 2.29. The summed E-state index contributed by atoms with van der Waals surface area (Å²) in [7, 11) is 0. The van der Waals surface area contributed by atoms with Gasteiger partial charge in [-0.1, -0.05) is 12.2 Å². The van der Waals surface area contributed by atoms with E-state index in [-0.39, 0.29) is 24.8 Å². The van der Waals surface area contributed by atoms with Gasteiger partial charge in [0.25, 0.3) is 0 Å². The molecule has 0 aromatic carbocycles. The fourth-order valence-electron chi connectivity index (χ4n) is 1.50. The summed E-state index contributed by atoms with van der Waals surface area (Å²) in [5, 5.41) is 0. The zero-order valence-electron chi connectivity index (χ0n) is 9.93. The average Bonchev–Trinajstić information content (AvgIpc) is 2.48. The van der Waals surface area contributed by atoms with Crippen LogP contribution >= 0.6 is 0 Å². The van der Waals surface area contributed by atoms with Crippen molar-refractivity contribution < 1.29 is 19.0 Å². The summed E-state index contributed by atoms with van der Waals surface area (Å²) in [6, 6.07) is 0. The first kappa shape index (κ1) is 12.9. The zero-order chi connectivity index (χ0) is 12.2. The Morgan fingerprint density at radius 2 is 2.06 bits per heavy atom. The molecule has 1 aliphatic rings. The van der Waals surface area contributed by atoms with Crippen LogP contribution in [0.2, 0.25) is 0 Å².